The van der Waals surface area contributed by atoms with Crippen molar-refractivity contribution in [3.8, 4) is 0 Å². The van der Waals surface area contributed by atoms with Gasteiger partial charge in [-0.25, -0.2) is 4.79 Å². The zero-order valence-electron chi connectivity index (χ0n) is 9.28. The number of hydrogen-bond donors (Lipinski definition) is 2. The fourth-order valence-corrected chi connectivity index (χ4v) is 1.41. The smallest absolute Gasteiger partial charge is 0.337 e. The lowest BCUT2D eigenvalue weighted by Crippen LogP contribution is -2.20. The molecule has 7 nitrogen and oxygen atoms in total. The molecule has 92 valence electrons. The predicted octanol–water partition coefficient (Wildman–Crippen LogP) is 0.615. The standard InChI is InChI=1S/C11H10N4O3/c16-10(7-15-5-1-3-13-15)14-9-6-12-4-2-8(9)11(17)18/h1-6H,7H2,(H,14,16)(H,17,18). The third kappa shape index (κ3) is 2.70. The number of pyridine rings is 1. The van der Waals surface area contributed by atoms with Gasteiger partial charge in [0.05, 0.1) is 17.4 Å². The minimum absolute atomic E-state index is 0.00110. The van der Waals surface area contributed by atoms with Crippen LogP contribution in [0.4, 0.5) is 5.69 Å². The molecule has 0 aliphatic carbocycles. The quantitative estimate of drug-likeness (QED) is 0.824. The van der Waals surface area contributed by atoms with Gasteiger partial charge in [0.2, 0.25) is 5.91 Å². The number of carboxylic acids is 1. The Morgan fingerprint density at radius 2 is 2.22 bits per heavy atom. The molecule has 0 unspecified atom stereocenters. The van der Waals surface area contributed by atoms with Crippen LogP contribution in [0.2, 0.25) is 0 Å². The van der Waals surface area contributed by atoms with Gasteiger partial charge in [0, 0.05) is 18.6 Å². The van der Waals surface area contributed by atoms with Crippen LogP contribution in [-0.2, 0) is 11.3 Å². The highest BCUT2D eigenvalue weighted by molar-refractivity contribution is 6.00. The highest BCUT2D eigenvalue weighted by Crippen LogP contribution is 2.13. The van der Waals surface area contributed by atoms with Gasteiger partial charge < -0.3 is 10.4 Å². The van der Waals surface area contributed by atoms with Crippen LogP contribution in [0.1, 0.15) is 10.4 Å². The molecule has 0 spiro atoms. The van der Waals surface area contributed by atoms with Gasteiger partial charge >= 0.3 is 5.97 Å². The molecule has 0 aliphatic rings. The SMILES string of the molecule is O=C(Cn1cccn1)Nc1cnccc1C(=O)O. The van der Waals surface area contributed by atoms with Crippen molar-refractivity contribution in [3.63, 3.8) is 0 Å². The number of rotatable bonds is 4. The molecular formula is C11H10N4O3. The number of hydrogen-bond acceptors (Lipinski definition) is 4. The van der Waals surface area contributed by atoms with Crippen molar-refractivity contribution in [2.45, 2.75) is 6.54 Å². The van der Waals surface area contributed by atoms with Crippen molar-refractivity contribution in [1.82, 2.24) is 14.8 Å². The Kier molecular flexibility index (Phi) is 3.33. The van der Waals surface area contributed by atoms with Gasteiger partial charge in [-0.3, -0.25) is 14.5 Å². The molecule has 0 atom stereocenters. The van der Waals surface area contributed by atoms with Crippen molar-refractivity contribution in [2.24, 2.45) is 0 Å². The van der Waals surface area contributed by atoms with E-state index >= 15 is 0 Å². The van der Waals surface area contributed by atoms with Crippen LogP contribution in [0, 0.1) is 0 Å². The van der Waals surface area contributed by atoms with Crippen LogP contribution in [-0.4, -0.2) is 31.7 Å². The van der Waals surface area contributed by atoms with Gasteiger partial charge in [0.1, 0.15) is 6.54 Å². The first kappa shape index (κ1) is 11.8. The van der Waals surface area contributed by atoms with E-state index in [1.54, 1.807) is 18.5 Å². The van der Waals surface area contributed by atoms with Gasteiger partial charge in [-0.2, -0.15) is 5.10 Å². The molecule has 7 heteroatoms. The maximum atomic E-state index is 11.7. The van der Waals surface area contributed by atoms with Crippen LogP contribution in [0.5, 0.6) is 0 Å². The molecule has 0 saturated heterocycles. The Labute approximate surface area is 102 Å². The average Bonchev–Trinajstić information content (AvgIpc) is 2.82. The first-order valence-corrected chi connectivity index (χ1v) is 5.11. The highest BCUT2D eigenvalue weighted by Gasteiger charge is 2.12. The molecule has 1 amide bonds. The lowest BCUT2D eigenvalue weighted by molar-refractivity contribution is -0.116. The van der Waals surface area contributed by atoms with Crippen LogP contribution in [0.25, 0.3) is 0 Å². The number of anilines is 1. The van der Waals surface area contributed by atoms with Gasteiger partial charge in [-0.05, 0) is 12.1 Å². The van der Waals surface area contributed by atoms with E-state index in [1.165, 1.54) is 23.1 Å². The second kappa shape index (κ2) is 5.09. The summed E-state index contributed by atoms with van der Waals surface area (Å²) in [5.41, 5.74) is 0.168. The minimum Gasteiger partial charge on any atom is -0.478 e. The summed E-state index contributed by atoms with van der Waals surface area (Å²) in [4.78, 5) is 26.4. The van der Waals surface area contributed by atoms with E-state index < -0.39 is 5.97 Å². The molecule has 0 radical (unpaired) electrons. The van der Waals surface area contributed by atoms with Crippen LogP contribution in [0.15, 0.2) is 36.9 Å². The minimum atomic E-state index is -1.12. The number of carbonyl (C=O) groups is 2. The van der Waals surface area contributed by atoms with Gasteiger partial charge in [0.25, 0.3) is 0 Å². The summed E-state index contributed by atoms with van der Waals surface area (Å²) in [6.45, 7) is 0.0148. The van der Waals surface area contributed by atoms with Gasteiger partial charge in [-0.15, -0.1) is 0 Å². The molecule has 0 fully saturated rings. The van der Waals surface area contributed by atoms with Crippen LogP contribution >= 0.6 is 0 Å². The van der Waals surface area contributed by atoms with Crippen molar-refractivity contribution in [3.05, 3.63) is 42.5 Å². The van der Waals surface area contributed by atoms with Crippen LogP contribution < -0.4 is 5.32 Å². The summed E-state index contributed by atoms with van der Waals surface area (Å²) in [6, 6.07) is 3.02. The number of nitrogens with zero attached hydrogens (tertiary/aromatic N) is 3. The molecular weight excluding hydrogens is 236 g/mol. The zero-order chi connectivity index (χ0) is 13.0. The third-order valence-corrected chi connectivity index (χ3v) is 2.19. The molecule has 2 rings (SSSR count). The lowest BCUT2D eigenvalue weighted by atomic mass is 10.2. The summed E-state index contributed by atoms with van der Waals surface area (Å²) >= 11 is 0. The van der Waals surface area contributed by atoms with E-state index in [-0.39, 0.29) is 23.7 Å². The summed E-state index contributed by atoms with van der Waals surface area (Å²) in [5, 5.41) is 15.3. The summed E-state index contributed by atoms with van der Waals surface area (Å²) in [7, 11) is 0. The Hall–Kier alpha value is -2.70. The molecule has 2 aromatic heterocycles. The number of amides is 1. The topological polar surface area (TPSA) is 97.1 Å². The van der Waals surface area contributed by atoms with E-state index in [0.717, 1.165) is 0 Å². The van der Waals surface area contributed by atoms with Crippen molar-refractivity contribution >= 4 is 17.6 Å². The first-order valence-electron chi connectivity index (χ1n) is 5.11. The first-order chi connectivity index (χ1) is 8.66. The number of carbonyl (C=O) groups excluding carboxylic acids is 1. The molecule has 0 aliphatic heterocycles. The zero-order valence-corrected chi connectivity index (χ0v) is 9.28. The molecule has 18 heavy (non-hydrogen) atoms. The number of nitrogens with one attached hydrogen (secondary N) is 1. The van der Waals surface area contributed by atoms with E-state index in [1.807, 2.05) is 0 Å². The Morgan fingerprint density at radius 1 is 1.39 bits per heavy atom. The van der Waals surface area contributed by atoms with Gasteiger partial charge in [-0.1, -0.05) is 0 Å². The molecule has 0 aromatic carbocycles. The summed E-state index contributed by atoms with van der Waals surface area (Å²) in [6.07, 6.45) is 5.85. The van der Waals surface area contributed by atoms with Crippen LogP contribution in [0.3, 0.4) is 0 Å². The Balaban J connectivity index is 2.09. The predicted molar refractivity (Wildman–Crippen MR) is 62.1 cm³/mol. The van der Waals surface area contributed by atoms with Crippen molar-refractivity contribution in [1.29, 1.82) is 0 Å². The number of carboxylic acid groups (broad SMARTS) is 1. The largest absolute Gasteiger partial charge is 0.478 e. The fraction of sp³-hybridized carbons (Fsp3) is 0.0909. The molecule has 0 saturated carbocycles. The van der Waals surface area contributed by atoms with E-state index in [4.69, 9.17) is 5.11 Å². The monoisotopic (exact) mass is 246 g/mol. The maximum absolute atomic E-state index is 11.7. The van der Waals surface area contributed by atoms with E-state index in [2.05, 4.69) is 15.4 Å². The molecule has 0 bridgehead atoms. The van der Waals surface area contributed by atoms with Gasteiger partial charge in [0.15, 0.2) is 0 Å². The lowest BCUT2D eigenvalue weighted by Gasteiger charge is -2.07. The van der Waals surface area contributed by atoms with Crippen molar-refractivity contribution in [2.75, 3.05) is 5.32 Å². The number of aromatic nitrogens is 3. The number of aromatic carboxylic acids is 1. The molecule has 2 N–H and O–H groups in total. The fourth-order valence-electron chi connectivity index (χ4n) is 1.41. The third-order valence-electron chi connectivity index (χ3n) is 2.19. The molecule has 2 heterocycles. The maximum Gasteiger partial charge on any atom is 0.337 e. The average molecular weight is 246 g/mol. The van der Waals surface area contributed by atoms with E-state index in [0.29, 0.717) is 0 Å². The Morgan fingerprint density at radius 3 is 2.89 bits per heavy atom. The second-order valence-corrected chi connectivity index (χ2v) is 3.48. The van der Waals surface area contributed by atoms with E-state index in [9.17, 15) is 9.59 Å². The normalized spacial score (nSPS) is 10.0. The second-order valence-electron chi connectivity index (χ2n) is 3.48. The highest BCUT2D eigenvalue weighted by atomic mass is 16.4. The summed E-state index contributed by atoms with van der Waals surface area (Å²) in [5.74, 6) is -1.49. The Bertz CT molecular complexity index is 565. The van der Waals surface area contributed by atoms with Crippen molar-refractivity contribution < 1.29 is 14.7 Å². The summed E-state index contributed by atoms with van der Waals surface area (Å²) < 4.78 is 1.44. The molecule has 2 aromatic rings.